The Kier molecular flexibility index (Phi) is 4.01. The first-order valence-electron chi connectivity index (χ1n) is 6.05. The zero-order chi connectivity index (χ0) is 15.6. The Balaban J connectivity index is 2.28. The smallest absolute Gasteiger partial charge is 0.406 e. The maximum Gasteiger partial charge on any atom is 0.573 e. The molecule has 1 saturated heterocycles. The molecule has 1 aromatic carbocycles. The van der Waals surface area contributed by atoms with Crippen LogP contribution in [0.4, 0.5) is 13.2 Å². The second-order valence-electron chi connectivity index (χ2n) is 4.56. The number of alkyl halides is 3. The van der Waals surface area contributed by atoms with Gasteiger partial charge in [0.1, 0.15) is 11.8 Å². The van der Waals surface area contributed by atoms with Gasteiger partial charge in [-0.2, -0.15) is 0 Å². The second kappa shape index (κ2) is 5.58. The fourth-order valence-electron chi connectivity index (χ4n) is 2.23. The number of amides is 1. The molecule has 0 saturated carbocycles. The van der Waals surface area contributed by atoms with Crippen molar-refractivity contribution >= 4 is 5.91 Å². The van der Waals surface area contributed by atoms with Crippen LogP contribution in [0.1, 0.15) is 24.4 Å². The predicted molar refractivity (Wildman–Crippen MR) is 64.0 cm³/mol. The molecular weight excluding hydrogens is 293 g/mol. The largest absolute Gasteiger partial charge is 0.573 e. The van der Waals surface area contributed by atoms with Crippen LogP contribution in [0.25, 0.3) is 0 Å². The summed E-state index contributed by atoms with van der Waals surface area (Å²) in [5.74, 6) is -0.859. The number of carbonyl (C=O) groups excluding carboxylic acids is 1. The lowest BCUT2D eigenvalue weighted by atomic mass is 9.92. The molecule has 0 unspecified atom stereocenters. The molecule has 0 aromatic heterocycles. The highest BCUT2D eigenvalue weighted by atomic mass is 19.4. The average Bonchev–Trinajstić information content (AvgIpc) is 2.36. The standard InChI is InChI=1S/C12H11F3N2O4/c13-12(14,15)21-8-3-1-2-7(6-8)11-9(17(19)20)4-5-10(18)16-11/h1-3,6,9,11H,4-5H2,(H,16,18)/t9-,11-/m0/s1. The van der Waals surface area contributed by atoms with Crippen LogP contribution in [0.3, 0.4) is 0 Å². The van der Waals surface area contributed by atoms with Crippen LogP contribution in [0, 0.1) is 10.1 Å². The van der Waals surface area contributed by atoms with E-state index in [1.807, 2.05) is 0 Å². The molecule has 6 nitrogen and oxygen atoms in total. The molecule has 9 heteroatoms. The van der Waals surface area contributed by atoms with E-state index < -0.39 is 29.1 Å². The van der Waals surface area contributed by atoms with Crippen LogP contribution in [-0.4, -0.2) is 23.2 Å². The summed E-state index contributed by atoms with van der Waals surface area (Å²) in [6.07, 6.45) is -4.80. The van der Waals surface area contributed by atoms with E-state index in [0.717, 1.165) is 12.1 Å². The van der Waals surface area contributed by atoms with Crippen molar-refractivity contribution in [2.75, 3.05) is 0 Å². The summed E-state index contributed by atoms with van der Waals surface area (Å²) >= 11 is 0. The number of hydrogen-bond donors (Lipinski definition) is 1. The maximum atomic E-state index is 12.2. The van der Waals surface area contributed by atoms with Gasteiger partial charge in [-0.05, 0) is 17.7 Å². The van der Waals surface area contributed by atoms with Crippen molar-refractivity contribution in [3.8, 4) is 5.75 Å². The molecule has 1 aliphatic heterocycles. The van der Waals surface area contributed by atoms with E-state index in [0.29, 0.717) is 0 Å². The van der Waals surface area contributed by atoms with E-state index in [1.165, 1.54) is 12.1 Å². The highest BCUT2D eigenvalue weighted by molar-refractivity contribution is 5.77. The van der Waals surface area contributed by atoms with E-state index in [2.05, 4.69) is 10.1 Å². The third kappa shape index (κ3) is 3.83. The number of nitro groups is 1. The highest BCUT2D eigenvalue weighted by Crippen LogP contribution is 2.30. The molecular formula is C12H11F3N2O4. The number of rotatable bonds is 3. The van der Waals surface area contributed by atoms with Gasteiger partial charge in [-0.1, -0.05) is 12.1 Å². The van der Waals surface area contributed by atoms with Crippen molar-refractivity contribution in [2.45, 2.75) is 31.3 Å². The predicted octanol–water partition coefficient (Wildman–Crippen LogP) is 2.18. The van der Waals surface area contributed by atoms with E-state index in [4.69, 9.17) is 0 Å². The summed E-state index contributed by atoms with van der Waals surface area (Å²) in [4.78, 5) is 21.8. The van der Waals surface area contributed by atoms with Gasteiger partial charge in [0, 0.05) is 17.8 Å². The molecule has 1 fully saturated rings. The molecule has 2 rings (SSSR count). The van der Waals surface area contributed by atoms with Gasteiger partial charge in [0.25, 0.3) is 0 Å². The van der Waals surface area contributed by atoms with Gasteiger partial charge in [-0.3, -0.25) is 14.9 Å². The van der Waals surface area contributed by atoms with Crippen LogP contribution in [-0.2, 0) is 4.79 Å². The molecule has 1 heterocycles. The molecule has 0 bridgehead atoms. The molecule has 1 amide bonds. The summed E-state index contributed by atoms with van der Waals surface area (Å²) in [7, 11) is 0. The summed E-state index contributed by atoms with van der Waals surface area (Å²) < 4.78 is 40.3. The number of nitrogens with one attached hydrogen (secondary N) is 1. The van der Waals surface area contributed by atoms with Gasteiger partial charge in [0.05, 0.1) is 0 Å². The molecule has 0 aliphatic carbocycles. The van der Waals surface area contributed by atoms with Gasteiger partial charge >= 0.3 is 6.36 Å². The Labute approximate surface area is 117 Å². The van der Waals surface area contributed by atoms with Gasteiger partial charge < -0.3 is 10.1 Å². The first kappa shape index (κ1) is 15.1. The molecule has 21 heavy (non-hydrogen) atoms. The normalized spacial score (nSPS) is 22.5. The minimum atomic E-state index is -4.85. The first-order valence-corrected chi connectivity index (χ1v) is 6.05. The summed E-state index contributed by atoms with van der Waals surface area (Å²) in [5.41, 5.74) is 0.200. The van der Waals surface area contributed by atoms with Gasteiger partial charge in [-0.25, -0.2) is 0 Å². The summed E-state index contributed by atoms with van der Waals surface area (Å²) in [6.45, 7) is 0. The highest BCUT2D eigenvalue weighted by Gasteiger charge is 2.38. The number of nitrogens with zero attached hydrogens (tertiary/aromatic N) is 1. The Bertz CT molecular complexity index is 562. The molecule has 1 N–H and O–H groups in total. The Morgan fingerprint density at radius 3 is 2.71 bits per heavy atom. The number of benzene rings is 1. The molecule has 0 spiro atoms. The van der Waals surface area contributed by atoms with Gasteiger partial charge in [-0.15, -0.1) is 13.2 Å². The van der Waals surface area contributed by atoms with Crippen LogP contribution in [0.5, 0.6) is 5.75 Å². The second-order valence-corrected chi connectivity index (χ2v) is 4.56. The third-order valence-corrected chi connectivity index (χ3v) is 3.09. The Hall–Kier alpha value is -2.32. The minimum Gasteiger partial charge on any atom is -0.406 e. The topological polar surface area (TPSA) is 81.5 Å². The molecule has 114 valence electrons. The quantitative estimate of drug-likeness (QED) is 0.685. The minimum absolute atomic E-state index is 0.0148. The lowest BCUT2D eigenvalue weighted by Gasteiger charge is -2.27. The van der Waals surface area contributed by atoms with E-state index in [1.54, 1.807) is 0 Å². The van der Waals surface area contributed by atoms with Crippen LogP contribution >= 0.6 is 0 Å². The molecule has 1 aromatic rings. The van der Waals surface area contributed by atoms with Crippen molar-refractivity contribution in [1.82, 2.24) is 5.32 Å². The third-order valence-electron chi connectivity index (χ3n) is 3.09. The van der Waals surface area contributed by atoms with Crippen LogP contribution < -0.4 is 10.1 Å². The monoisotopic (exact) mass is 304 g/mol. The van der Waals surface area contributed by atoms with Crippen LogP contribution in [0.15, 0.2) is 24.3 Å². The van der Waals surface area contributed by atoms with Crippen molar-refractivity contribution in [2.24, 2.45) is 0 Å². The number of carbonyl (C=O) groups is 1. The van der Waals surface area contributed by atoms with E-state index >= 15 is 0 Å². The van der Waals surface area contributed by atoms with Gasteiger partial charge in [0.15, 0.2) is 0 Å². The van der Waals surface area contributed by atoms with Gasteiger partial charge in [0.2, 0.25) is 11.9 Å². The number of ether oxygens (including phenoxy) is 1. The first-order chi connectivity index (χ1) is 9.76. The Morgan fingerprint density at radius 1 is 1.38 bits per heavy atom. The fraction of sp³-hybridized carbons (Fsp3) is 0.417. The lowest BCUT2D eigenvalue weighted by molar-refractivity contribution is -0.529. The van der Waals surface area contributed by atoms with Crippen molar-refractivity contribution < 1.29 is 27.6 Å². The van der Waals surface area contributed by atoms with Crippen molar-refractivity contribution in [3.63, 3.8) is 0 Å². The number of piperidine rings is 1. The zero-order valence-electron chi connectivity index (χ0n) is 10.6. The zero-order valence-corrected chi connectivity index (χ0v) is 10.6. The number of hydrogen-bond acceptors (Lipinski definition) is 4. The maximum absolute atomic E-state index is 12.2. The van der Waals surface area contributed by atoms with Crippen molar-refractivity contribution in [1.29, 1.82) is 0 Å². The fourth-order valence-corrected chi connectivity index (χ4v) is 2.23. The molecule has 2 atom stereocenters. The average molecular weight is 304 g/mol. The Morgan fingerprint density at radius 2 is 2.10 bits per heavy atom. The SMILES string of the molecule is O=C1CC[C@H]([N+](=O)[O-])[C@H](c2cccc(OC(F)(F)F)c2)N1. The summed E-state index contributed by atoms with van der Waals surface area (Å²) in [6, 6.07) is 2.77. The van der Waals surface area contributed by atoms with E-state index in [9.17, 15) is 28.1 Å². The van der Waals surface area contributed by atoms with Crippen LogP contribution in [0.2, 0.25) is 0 Å². The van der Waals surface area contributed by atoms with Crippen molar-refractivity contribution in [3.05, 3.63) is 39.9 Å². The lowest BCUT2D eigenvalue weighted by Crippen LogP contribution is -2.45. The molecule has 1 aliphatic rings. The molecule has 0 radical (unpaired) electrons. The summed E-state index contributed by atoms with van der Waals surface area (Å²) in [5, 5.41) is 13.4. The van der Waals surface area contributed by atoms with E-state index in [-0.39, 0.29) is 24.3 Å². The number of halogens is 3.